The van der Waals surface area contributed by atoms with Crippen LogP contribution in [0.4, 0.5) is 0 Å². The monoisotopic (exact) mass is 280 g/mol. The molecule has 0 aromatic heterocycles. The molecule has 2 rings (SSSR count). The summed E-state index contributed by atoms with van der Waals surface area (Å²) in [6.45, 7) is 14.5. The van der Waals surface area contributed by atoms with Gasteiger partial charge in [-0.25, -0.2) is 0 Å². The highest BCUT2D eigenvalue weighted by atomic mass is 15.2. The van der Waals surface area contributed by atoms with E-state index in [4.69, 9.17) is 0 Å². The summed E-state index contributed by atoms with van der Waals surface area (Å²) < 4.78 is 0. The Balaban J connectivity index is 2.00. The molecular weight excluding hydrogens is 244 g/mol. The van der Waals surface area contributed by atoms with Crippen molar-refractivity contribution in [3.05, 3.63) is 0 Å². The van der Waals surface area contributed by atoms with Gasteiger partial charge in [-0.3, -0.25) is 4.90 Å². The van der Waals surface area contributed by atoms with Crippen molar-refractivity contribution in [3.63, 3.8) is 0 Å². The molecule has 2 fully saturated rings. The second kappa shape index (κ2) is 7.26. The smallest absolute Gasteiger partial charge is 0.0119 e. The van der Waals surface area contributed by atoms with Crippen molar-refractivity contribution in [2.24, 2.45) is 17.3 Å². The zero-order valence-electron chi connectivity index (χ0n) is 14.3. The normalized spacial score (nSPS) is 35.9. The minimum absolute atomic E-state index is 0.556. The van der Waals surface area contributed by atoms with E-state index >= 15 is 0 Å². The molecule has 1 aliphatic carbocycles. The van der Waals surface area contributed by atoms with Crippen LogP contribution in [-0.4, -0.2) is 37.1 Å². The van der Waals surface area contributed by atoms with Gasteiger partial charge in [0.1, 0.15) is 0 Å². The van der Waals surface area contributed by atoms with Crippen molar-refractivity contribution >= 4 is 0 Å². The van der Waals surface area contributed by atoms with E-state index in [0.29, 0.717) is 5.41 Å². The predicted molar refractivity (Wildman–Crippen MR) is 88.0 cm³/mol. The molecule has 2 nitrogen and oxygen atoms in total. The van der Waals surface area contributed by atoms with Crippen molar-refractivity contribution in [2.45, 2.75) is 72.3 Å². The lowest BCUT2D eigenvalue weighted by Gasteiger charge is -2.44. The summed E-state index contributed by atoms with van der Waals surface area (Å²) in [5.74, 6) is 1.76. The van der Waals surface area contributed by atoms with Gasteiger partial charge in [-0.2, -0.15) is 0 Å². The van der Waals surface area contributed by atoms with Crippen LogP contribution in [0.5, 0.6) is 0 Å². The summed E-state index contributed by atoms with van der Waals surface area (Å²) in [6.07, 6.45) is 8.57. The van der Waals surface area contributed by atoms with Crippen LogP contribution in [0.2, 0.25) is 0 Å². The first-order valence-corrected chi connectivity index (χ1v) is 9.01. The zero-order valence-corrected chi connectivity index (χ0v) is 14.3. The number of likely N-dealkylation sites (tertiary alicyclic amines) is 1. The van der Waals surface area contributed by atoms with Crippen LogP contribution >= 0.6 is 0 Å². The molecule has 2 aliphatic rings. The van der Waals surface area contributed by atoms with Gasteiger partial charge >= 0.3 is 0 Å². The van der Waals surface area contributed by atoms with Gasteiger partial charge in [0, 0.05) is 19.1 Å². The van der Waals surface area contributed by atoms with Crippen molar-refractivity contribution in [2.75, 3.05) is 26.2 Å². The summed E-state index contributed by atoms with van der Waals surface area (Å²) in [5.41, 5.74) is 0.556. The lowest BCUT2D eigenvalue weighted by molar-refractivity contribution is 0.0699. The van der Waals surface area contributed by atoms with Gasteiger partial charge in [0.05, 0.1) is 0 Å². The van der Waals surface area contributed by atoms with Gasteiger partial charge in [0.2, 0.25) is 0 Å². The minimum atomic E-state index is 0.556. The quantitative estimate of drug-likeness (QED) is 0.793. The Bertz CT molecular complexity index is 274. The van der Waals surface area contributed by atoms with E-state index in [0.717, 1.165) is 24.4 Å². The average Bonchev–Trinajstić information content (AvgIpc) is 2.88. The van der Waals surface area contributed by atoms with Crippen molar-refractivity contribution in [1.82, 2.24) is 10.2 Å². The van der Waals surface area contributed by atoms with Crippen molar-refractivity contribution in [3.8, 4) is 0 Å². The molecule has 0 bridgehead atoms. The van der Waals surface area contributed by atoms with E-state index in [1.165, 1.54) is 58.2 Å². The Morgan fingerprint density at radius 2 is 1.90 bits per heavy atom. The number of rotatable bonds is 6. The number of hydrogen-bond acceptors (Lipinski definition) is 2. The van der Waals surface area contributed by atoms with Gasteiger partial charge in [0.25, 0.3) is 0 Å². The maximum atomic E-state index is 3.66. The lowest BCUT2D eigenvalue weighted by Crippen LogP contribution is -2.48. The molecule has 20 heavy (non-hydrogen) atoms. The van der Waals surface area contributed by atoms with Crippen molar-refractivity contribution < 1.29 is 0 Å². The van der Waals surface area contributed by atoms with Gasteiger partial charge in [-0.05, 0) is 56.0 Å². The Morgan fingerprint density at radius 3 is 2.50 bits per heavy atom. The lowest BCUT2D eigenvalue weighted by atomic mass is 9.70. The van der Waals surface area contributed by atoms with Crippen LogP contribution in [0, 0.1) is 17.3 Å². The fourth-order valence-corrected chi connectivity index (χ4v) is 4.39. The molecule has 1 saturated heterocycles. The second-order valence-electron chi connectivity index (χ2n) is 7.89. The molecule has 0 aromatic carbocycles. The minimum Gasteiger partial charge on any atom is -0.316 e. The van der Waals surface area contributed by atoms with Crippen LogP contribution in [0.1, 0.15) is 66.2 Å². The maximum absolute atomic E-state index is 3.66. The number of nitrogens with zero attached hydrogens (tertiary/aromatic N) is 1. The third-order valence-electron chi connectivity index (χ3n) is 5.81. The Morgan fingerprint density at radius 1 is 1.20 bits per heavy atom. The molecule has 0 amide bonds. The molecule has 2 heteroatoms. The largest absolute Gasteiger partial charge is 0.316 e. The number of nitrogens with one attached hydrogen (secondary N) is 1. The summed E-state index contributed by atoms with van der Waals surface area (Å²) in [6, 6.07) is 0.841. The molecule has 118 valence electrons. The summed E-state index contributed by atoms with van der Waals surface area (Å²) in [5, 5.41) is 3.66. The highest BCUT2D eigenvalue weighted by Gasteiger charge is 2.38. The molecule has 0 spiro atoms. The van der Waals surface area contributed by atoms with Crippen molar-refractivity contribution in [1.29, 1.82) is 0 Å². The second-order valence-corrected chi connectivity index (χ2v) is 7.89. The molecular formula is C18H36N2. The average molecular weight is 281 g/mol. The van der Waals surface area contributed by atoms with Gasteiger partial charge in [-0.15, -0.1) is 0 Å². The van der Waals surface area contributed by atoms with E-state index in [9.17, 15) is 0 Å². The van der Waals surface area contributed by atoms with Gasteiger partial charge < -0.3 is 5.32 Å². The fourth-order valence-electron chi connectivity index (χ4n) is 4.39. The zero-order chi connectivity index (χ0) is 14.6. The molecule has 1 N–H and O–H groups in total. The highest BCUT2D eigenvalue weighted by molar-refractivity contribution is 4.93. The highest BCUT2D eigenvalue weighted by Crippen LogP contribution is 2.40. The summed E-state index contributed by atoms with van der Waals surface area (Å²) >= 11 is 0. The standard InChI is InChI=1S/C18H36N2/c1-5-19-13-18(10-8-16(4)9-11-18)14-20-12-6-7-17(20)15(2)3/h15-17,19H,5-14H2,1-4H3. The Labute approximate surface area is 126 Å². The van der Waals surface area contributed by atoms with E-state index in [-0.39, 0.29) is 0 Å². The first-order chi connectivity index (χ1) is 9.56. The number of hydrogen-bond donors (Lipinski definition) is 1. The third kappa shape index (κ3) is 3.98. The first-order valence-electron chi connectivity index (χ1n) is 9.01. The molecule has 1 saturated carbocycles. The van der Waals surface area contributed by atoms with E-state index in [1.807, 2.05) is 0 Å². The molecule has 0 aromatic rings. The van der Waals surface area contributed by atoms with Crippen LogP contribution in [-0.2, 0) is 0 Å². The first kappa shape index (κ1) is 16.3. The SMILES string of the molecule is CCNCC1(CN2CCCC2C(C)C)CCC(C)CC1. The summed E-state index contributed by atoms with van der Waals surface area (Å²) in [4.78, 5) is 2.83. The van der Waals surface area contributed by atoms with E-state index in [2.05, 4.69) is 37.9 Å². The fraction of sp³-hybridized carbons (Fsp3) is 1.00. The Hall–Kier alpha value is -0.0800. The van der Waals surface area contributed by atoms with E-state index < -0.39 is 0 Å². The molecule has 1 unspecified atom stereocenters. The maximum Gasteiger partial charge on any atom is 0.0119 e. The van der Waals surface area contributed by atoms with Gasteiger partial charge in [-0.1, -0.05) is 40.5 Å². The van der Waals surface area contributed by atoms with Crippen LogP contribution < -0.4 is 5.32 Å². The van der Waals surface area contributed by atoms with Crippen LogP contribution in [0.15, 0.2) is 0 Å². The topological polar surface area (TPSA) is 15.3 Å². The third-order valence-corrected chi connectivity index (χ3v) is 5.81. The predicted octanol–water partition coefficient (Wildman–Crippen LogP) is 3.91. The molecule has 1 aliphatic heterocycles. The molecule has 1 atom stereocenters. The molecule has 1 heterocycles. The Kier molecular flexibility index (Phi) is 5.92. The van der Waals surface area contributed by atoms with E-state index in [1.54, 1.807) is 0 Å². The van der Waals surface area contributed by atoms with Crippen LogP contribution in [0.25, 0.3) is 0 Å². The van der Waals surface area contributed by atoms with Gasteiger partial charge in [0.15, 0.2) is 0 Å². The summed E-state index contributed by atoms with van der Waals surface area (Å²) in [7, 11) is 0. The molecule has 0 radical (unpaired) electrons. The van der Waals surface area contributed by atoms with Crippen LogP contribution in [0.3, 0.4) is 0 Å².